The third kappa shape index (κ3) is 6.67. The highest BCUT2D eigenvalue weighted by Gasteiger charge is 2.13. The van der Waals surface area contributed by atoms with E-state index >= 15 is 0 Å². The number of ether oxygens (including phenoxy) is 1. The van der Waals surface area contributed by atoms with E-state index < -0.39 is 0 Å². The van der Waals surface area contributed by atoms with E-state index in [4.69, 9.17) is 4.74 Å². The fourth-order valence-corrected chi connectivity index (χ4v) is 2.50. The molecule has 6 nitrogen and oxygen atoms in total. The van der Waals surface area contributed by atoms with Gasteiger partial charge >= 0.3 is 0 Å². The second kappa shape index (κ2) is 11.0. The lowest BCUT2D eigenvalue weighted by atomic mass is 10.2. The van der Waals surface area contributed by atoms with Crippen LogP contribution in [0.4, 0.5) is 0 Å². The van der Waals surface area contributed by atoms with Crippen molar-refractivity contribution in [3.05, 3.63) is 5.82 Å². The molecule has 1 unspecified atom stereocenters. The highest BCUT2D eigenvalue weighted by molar-refractivity contribution is 7.98. The zero-order chi connectivity index (χ0) is 14.6. The van der Waals surface area contributed by atoms with Gasteiger partial charge in [0.25, 0.3) is 0 Å². The van der Waals surface area contributed by atoms with Gasteiger partial charge in [0.15, 0.2) is 5.82 Å². The Kier molecular flexibility index (Phi) is 9.61. The van der Waals surface area contributed by atoms with Crippen molar-refractivity contribution in [3.8, 4) is 0 Å². The molecule has 7 heteroatoms. The molecule has 0 aromatic carbocycles. The first-order valence-corrected chi connectivity index (χ1v) is 8.66. The van der Waals surface area contributed by atoms with Gasteiger partial charge in [-0.05, 0) is 42.2 Å². The van der Waals surface area contributed by atoms with E-state index in [-0.39, 0.29) is 6.04 Å². The molecular weight excluding hydrogens is 274 g/mol. The van der Waals surface area contributed by atoms with Gasteiger partial charge in [-0.2, -0.15) is 11.8 Å². The number of hydrogen-bond donors (Lipinski definition) is 1. The number of nitrogens with one attached hydrogen (secondary N) is 1. The third-order valence-electron chi connectivity index (χ3n) is 3.17. The molecule has 116 valence electrons. The fraction of sp³-hybridized carbons (Fsp3) is 0.923. The van der Waals surface area contributed by atoms with Crippen molar-refractivity contribution in [2.24, 2.45) is 0 Å². The maximum Gasteiger partial charge on any atom is 0.167 e. The van der Waals surface area contributed by atoms with Crippen LogP contribution >= 0.6 is 11.8 Å². The summed E-state index contributed by atoms with van der Waals surface area (Å²) in [5.41, 5.74) is 0. The molecule has 0 amide bonds. The van der Waals surface area contributed by atoms with Gasteiger partial charge in [-0.15, -0.1) is 5.10 Å². The van der Waals surface area contributed by atoms with E-state index in [2.05, 4.69) is 34.0 Å². The van der Waals surface area contributed by atoms with Crippen LogP contribution in [0.15, 0.2) is 0 Å². The van der Waals surface area contributed by atoms with Gasteiger partial charge < -0.3 is 10.1 Å². The van der Waals surface area contributed by atoms with Crippen LogP contribution in [0, 0.1) is 0 Å². The second-order valence-corrected chi connectivity index (χ2v) is 5.82. The average molecular weight is 301 g/mol. The lowest BCUT2D eigenvalue weighted by Gasteiger charge is -2.13. The molecule has 1 heterocycles. The number of nitrogens with zero attached hydrogens (tertiary/aromatic N) is 4. The molecule has 1 N–H and O–H groups in total. The van der Waals surface area contributed by atoms with E-state index in [0.717, 1.165) is 25.3 Å². The molecule has 0 aliphatic heterocycles. The van der Waals surface area contributed by atoms with Crippen molar-refractivity contribution in [3.63, 3.8) is 0 Å². The summed E-state index contributed by atoms with van der Waals surface area (Å²) in [6.45, 7) is 4.48. The van der Waals surface area contributed by atoms with Crippen LogP contribution in [0.2, 0.25) is 0 Å². The Labute approximate surface area is 126 Å². The van der Waals surface area contributed by atoms with Crippen LogP contribution in [0.5, 0.6) is 0 Å². The van der Waals surface area contributed by atoms with Crippen LogP contribution in [-0.4, -0.2) is 52.5 Å². The topological polar surface area (TPSA) is 64.9 Å². The Morgan fingerprint density at radius 3 is 2.85 bits per heavy atom. The van der Waals surface area contributed by atoms with Gasteiger partial charge in [0.1, 0.15) is 0 Å². The number of aryl methyl sites for hydroxylation is 1. The largest absolute Gasteiger partial charge is 0.383 e. The van der Waals surface area contributed by atoms with E-state index in [1.54, 1.807) is 7.11 Å². The molecule has 0 radical (unpaired) electrons. The van der Waals surface area contributed by atoms with Crippen molar-refractivity contribution in [2.75, 3.05) is 32.3 Å². The normalized spacial score (nSPS) is 12.8. The Balaban J connectivity index is 2.27. The molecule has 0 aliphatic rings. The molecule has 0 spiro atoms. The van der Waals surface area contributed by atoms with Crippen molar-refractivity contribution < 1.29 is 4.74 Å². The minimum Gasteiger partial charge on any atom is -0.383 e. The van der Waals surface area contributed by atoms with Crippen molar-refractivity contribution >= 4 is 11.8 Å². The summed E-state index contributed by atoms with van der Waals surface area (Å²) in [6, 6.07) is 0.150. The molecule has 1 aromatic heterocycles. The first kappa shape index (κ1) is 17.4. The standard InChI is InChI=1S/C13H27N5OS/c1-12(14-8-10-19-2)13-15-16-17-18(13)9-6-4-5-7-11-20-3/h12,14H,4-11H2,1-3H3. The van der Waals surface area contributed by atoms with Crippen LogP contribution < -0.4 is 5.32 Å². The number of rotatable bonds is 12. The second-order valence-electron chi connectivity index (χ2n) is 4.84. The highest BCUT2D eigenvalue weighted by atomic mass is 32.2. The van der Waals surface area contributed by atoms with Crippen LogP contribution in [0.25, 0.3) is 0 Å². The summed E-state index contributed by atoms with van der Waals surface area (Å²) in [6.07, 6.45) is 7.13. The molecule has 1 atom stereocenters. The van der Waals surface area contributed by atoms with Gasteiger partial charge in [-0.3, -0.25) is 0 Å². The fourth-order valence-electron chi connectivity index (χ4n) is 2.01. The average Bonchev–Trinajstić information content (AvgIpc) is 2.91. The Bertz CT molecular complexity index is 347. The smallest absolute Gasteiger partial charge is 0.167 e. The SMILES string of the molecule is COCCNC(C)c1nnnn1CCCCCCSC. The van der Waals surface area contributed by atoms with Crippen LogP contribution in [-0.2, 0) is 11.3 Å². The number of thioether (sulfide) groups is 1. The lowest BCUT2D eigenvalue weighted by Crippen LogP contribution is -2.25. The number of tetrazole rings is 1. The molecule has 0 saturated carbocycles. The maximum absolute atomic E-state index is 5.03. The van der Waals surface area contributed by atoms with E-state index in [1.807, 2.05) is 16.4 Å². The lowest BCUT2D eigenvalue weighted by molar-refractivity contribution is 0.195. The van der Waals surface area contributed by atoms with Gasteiger partial charge in [0, 0.05) is 20.2 Å². The third-order valence-corrected chi connectivity index (χ3v) is 3.87. The summed E-state index contributed by atoms with van der Waals surface area (Å²) in [5, 5.41) is 15.3. The number of unbranched alkanes of at least 4 members (excludes halogenated alkanes) is 3. The molecular formula is C13H27N5OS. The summed E-state index contributed by atoms with van der Waals surface area (Å²) in [4.78, 5) is 0. The zero-order valence-electron chi connectivity index (χ0n) is 12.8. The Morgan fingerprint density at radius 1 is 1.30 bits per heavy atom. The summed E-state index contributed by atoms with van der Waals surface area (Å²) >= 11 is 1.92. The van der Waals surface area contributed by atoms with Gasteiger partial charge in [-0.1, -0.05) is 12.8 Å². The predicted octanol–water partition coefficient (Wildman–Crippen LogP) is 1.89. The first-order chi connectivity index (χ1) is 9.79. The highest BCUT2D eigenvalue weighted by Crippen LogP contribution is 2.10. The minimum absolute atomic E-state index is 0.150. The Morgan fingerprint density at radius 2 is 2.10 bits per heavy atom. The van der Waals surface area contributed by atoms with E-state index in [0.29, 0.717) is 6.61 Å². The van der Waals surface area contributed by atoms with E-state index in [1.165, 1.54) is 25.0 Å². The van der Waals surface area contributed by atoms with Crippen LogP contribution in [0.1, 0.15) is 44.5 Å². The quantitative estimate of drug-likeness (QED) is 0.595. The van der Waals surface area contributed by atoms with Gasteiger partial charge in [0.2, 0.25) is 0 Å². The van der Waals surface area contributed by atoms with E-state index in [9.17, 15) is 0 Å². The zero-order valence-corrected chi connectivity index (χ0v) is 13.7. The van der Waals surface area contributed by atoms with Crippen molar-refractivity contribution in [1.82, 2.24) is 25.5 Å². The number of hydrogen-bond acceptors (Lipinski definition) is 6. The first-order valence-electron chi connectivity index (χ1n) is 7.27. The summed E-state index contributed by atoms with van der Waals surface area (Å²) < 4.78 is 6.94. The molecule has 0 saturated heterocycles. The Hall–Kier alpha value is -0.660. The van der Waals surface area contributed by atoms with Crippen LogP contribution in [0.3, 0.4) is 0 Å². The van der Waals surface area contributed by atoms with Crippen molar-refractivity contribution in [1.29, 1.82) is 0 Å². The summed E-state index contributed by atoms with van der Waals surface area (Å²) in [7, 11) is 1.70. The van der Waals surface area contributed by atoms with Gasteiger partial charge in [-0.25, -0.2) is 4.68 Å². The molecule has 1 rings (SSSR count). The number of methoxy groups -OCH3 is 1. The maximum atomic E-state index is 5.03. The minimum atomic E-state index is 0.150. The van der Waals surface area contributed by atoms with Crippen molar-refractivity contribution in [2.45, 2.75) is 45.2 Å². The molecule has 1 aromatic rings. The number of aromatic nitrogens is 4. The summed E-state index contributed by atoms with van der Waals surface area (Å²) in [5.74, 6) is 2.17. The predicted molar refractivity (Wildman–Crippen MR) is 83.0 cm³/mol. The monoisotopic (exact) mass is 301 g/mol. The van der Waals surface area contributed by atoms with Gasteiger partial charge in [0.05, 0.1) is 12.6 Å². The molecule has 0 aliphatic carbocycles. The molecule has 0 fully saturated rings. The molecule has 20 heavy (non-hydrogen) atoms. The molecule has 0 bridgehead atoms.